The van der Waals surface area contributed by atoms with Crippen LogP contribution in [0.2, 0.25) is 0 Å². The Hall–Kier alpha value is -0.420. The van der Waals surface area contributed by atoms with Gasteiger partial charge in [0, 0.05) is 4.90 Å². The summed E-state index contributed by atoms with van der Waals surface area (Å²) >= 11 is 5.87. The predicted octanol–water partition coefficient (Wildman–Crippen LogP) is 3.15. The van der Waals surface area contributed by atoms with E-state index in [1.807, 2.05) is 6.92 Å². The molecule has 0 spiro atoms. The largest absolute Gasteiger partial charge is 0.281 e. The molecule has 0 amide bonds. The van der Waals surface area contributed by atoms with Crippen LogP contribution in [-0.2, 0) is 0 Å². The fraction of sp³-hybridized carbons (Fsp3) is 0.667. The van der Waals surface area contributed by atoms with Gasteiger partial charge in [0.05, 0.1) is 17.1 Å². The Bertz CT molecular complexity index is 439. The van der Waals surface area contributed by atoms with Gasteiger partial charge < -0.3 is 0 Å². The third-order valence-corrected chi connectivity index (χ3v) is 4.61. The Balaban J connectivity index is 2.34. The molecule has 0 N–H and O–H groups in total. The Morgan fingerprint density at radius 1 is 1.47 bits per heavy atom. The van der Waals surface area contributed by atoms with E-state index in [0.717, 1.165) is 23.5 Å². The Labute approximate surface area is 111 Å². The van der Waals surface area contributed by atoms with Crippen LogP contribution < -0.4 is 5.56 Å². The summed E-state index contributed by atoms with van der Waals surface area (Å²) in [5.41, 5.74) is 0.0382. The maximum absolute atomic E-state index is 12.3. The van der Waals surface area contributed by atoms with Gasteiger partial charge in [-0.2, -0.15) is 5.10 Å². The molecule has 0 bridgehead atoms. The van der Waals surface area contributed by atoms with Crippen LogP contribution in [0.3, 0.4) is 0 Å². The average Bonchev–Trinajstić information content (AvgIpc) is 2.36. The third-order valence-electron chi connectivity index (χ3n) is 3.15. The van der Waals surface area contributed by atoms with Crippen LogP contribution in [0.15, 0.2) is 20.8 Å². The normalized spacial score (nSPS) is 17.3. The van der Waals surface area contributed by atoms with Gasteiger partial charge in [-0.3, -0.25) is 4.79 Å². The van der Waals surface area contributed by atoms with Crippen molar-refractivity contribution in [3.8, 4) is 0 Å². The molecule has 3 nitrogen and oxygen atoms in total. The van der Waals surface area contributed by atoms with E-state index in [9.17, 15) is 4.79 Å². The summed E-state index contributed by atoms with van der Waals surface area (Å²) in [5.74, 6) is 0.886. The average molecular weight is 270 g/mol. The number of thioether (sulfide) groups is 1. The molecule has 1 heterocycles. The number of nitrogens with zero attached hydrogens (tertiary/aromatic N) is 2. The van der Waals surface area contributed by atoms with Crippen LogP contribution in [0.1, 0.15) is 45.1 Å². The zero-order chi connectivity index (χ0) is 12.3. The first kappa shape index (κ1) is 13.0. The topological polar surface area (TPSA) is 34.9 Å². The van der Waals surface area contributed by atoms with Crippen molar-refractivity contribution in [2.45, 2.75) is 54.9 Å². The van der Waals surface area contributed by atoms with Crippen molar-refractivity contribution >= 4 is 24.4 Å². The van der Waals surface area contributed by atoms with Gasteiger partial charge in [-0.1, -0.05) is 26.2 Å². The molecule has 0 unspecified atom stereocenters. The molecule has 1 aliphatic rings. The van der Waals surface area contributed by atoms with Crippen LogP contribution >= 0.6 is 24.4 Å². The smallest absolute Gasteiger partial charge is 0.266 e. The molecule has 94 valence electrons. The van der Waals surface area contributed by atoms with Gasteiger partial charge in [-0.25, -0.2) is 4.68 Å². The van der Waals surface area contributed by atoms with Crippen molar-refractivity contribution in [1.29, 1.82) is 0 Å². The quantitative estimate of drug-likeness (QED) is 0.677. The summed E-state index contributed by atoms with van der Waals surface area (Å²) in [6.07, 6.45) is 7.56. The summed E-state index contributed by atoms with van der Waals surface area (Å²) in [6.45, 7) is 2.04. The van der Waals surface area contributed by atoms with E-state index in [1.165, 1.54) is 19.3 Å². The molecule has 1 aliphatic carbocycles. The maximum atomic E-state index is 12.3. The summed E-state index contributed by atoms with van der Waals surface area (Å²) in [5, 5.41) is 4.26. The lowest BCUT2D eigenvalue weighted by Crippen LogP contribution is -2.29. The van der Waals surface area contributed by atoms with Crippen LogP contribution in [-0.4, -0.2) is 15.5 Å². The molecule has 2 rings (SSSR count). The van der Waals surface area contributed by atoms with Crippen LogP contribution in [0.4, 0.5) is 0 Å². The highest BCUT2D eigenvalue weighted by atomic mass is 32.2. The summed E-state index contributed by atoms with van der Waals surface area (Å²) in [7, 11) is 0. The summed E-state index contributed by atoms with van der Waals surface area (Å²) < 4.78 is 1.68. The Kier molecular flexibility index (Phi) is 4.56. The number of rotatable bonds is 3. The zero-order valence-electron chi connectivity index (χ0n) is 10.1. The first-order valence-corrected chi connectivity index (χ1v) is 7.61. The first-order chi connectivity index (χ1) is 8.24. The molecule has 1 fully saturated rings. The van der Waals surface area contributed by atoms with Gasteiger partial charge >= 0.3 is 0 Å². The molecule has 0 aliphatic heterocycles. The third kappa shape index (κ3) is 2.88. The first-order valence-electron chi connectivity index (χ1n) is 6.17. The van der Waals surface area contributed by atoms with E-state index >= 15 is 0 Å². The number of hydrogen-bond acceptors (Lipinski definition) is 4. The van der Waals surface area contributed by atoms with Crippen molar-refractivity contribution in [3.05, 3.63) is 16.6 Å². The second-order valence-electron chi connectivity index (χ2n) is 4.33. The minimum atomic E-state index is 0.0382. The van der Waals surface area contributed by atoms with Crippen LogP contribution in [0.5, 0.6) is 0 Å². The highest BCUT2D eigenvalue weighted by Gasteiger charge is 2.19. The number of aromatic nitrogens is 2. The SMILES string of the molecule is CCSc1c(S)cnn(C2CCCCC2)c1=O. The van der Waals surface area contributed by atoms with E-state index in [1.54, 1.807) is 22.6 Å². The fourth-order valence-electron chi connectivity index (χ4n) is 2.31. The molecule has 5 heteroatoms. The van der Waals surface area contributed by atoms with Crippen LogP contribution in [0.25, 0.3) is 0 Å². The predicted molar refractivity (Wildman–Crippen MR) is 74.3 cm³/mol. The monoisotopic (exact) mass is 270 g/mol. The second kappa shape index (κ2) is 5.96. The molecule has 0 saturated heterocycles. The van der Waals surface area contributed by atoms with Crippen molar-refractivity contribution < 1.29 is 0 Å². The van der Waals surface area contributed by atoms with E-state index in [4.69, 9.17) is 0 Å². The molecular weight excluding hydrogens is 252 g/mol. The van der Waals surface area contributed by atoms with Crippen molar-refractivity contribution in [2.24, 2.45) is 0 Å². The Morgan fingerprint density at radius 3 is 2.82 bits per heavy atom. The van der Waals surface area contributed by atoms with E-state index in [0.29, 0.717) is 10.9 Å². The van der Waals surface area contributed by atoms with Crippen molar-refractivity contribution in [3.63, 3.8) is 0 Å². The summed E-state index contributed by atoms with van der Waals surface area (Å²) in [4.78, 5) is 13.8. The summed E-state index contributed by atoms with van der Waals surface area (Å²) in [6, 6.07) is 0.293. The molecule has 17 heavy (non-hydrogen) atoms. The molecule has 0 atom stereocenters. The highest BCUT2D eigenvalue weighted by Crippen LogP contribution is 2.28. The molecule has 0 aromatic carbocycles. The lowest BCUT2D eigenvalue weighted by molar-refractivity contribution is 0.314. The molecule has 1 aromatic rings. The maximum Gasteiger partial charge on any atom is 0.281 e. The van der Waals surface area contributed by atoms with Crippen molar-refractivity contribution in [2.75, 3.05) is 5.75 Å². The number of thiol groups is 1. The van der Waals surface area contributed by atoms with Gasteiger partial charge in [0.2, 0.25) is 0 Å². The van der Waals surface area contributed by atoms with Gasteiger partial charge in [0.15, 0.2) is 0 Å². The molecule has 1 saturated carbocycles. The van der Waals surface area contributed by atoms with E-state index in [2.05, 4.69) is 17.7 Å². The lowest BCUT2D eigenvalue weighted by atomic mass is 9.96. The number of hydrogen-bond donors (Lipinski definition) is 1. The molecule has 0 radical (unpaired) electrons. The van der Waals surface area contributed by atoms with Gasteiger partial charge in [-0.05, 0) is 18.6 Å². The van der Waals surface area contributed by atoms with E-state index in [-0.39, 0.29) is 5.56 Å². The Morgan fingerprint density at radius 2 is 2.18 bits per heavy atom. The zero-order valence-corrected chi connectivity index (χ0v) is 11.8. The van der Waals surface area contributed by atoms with Gasteiger partial charge in [-0.15, -0.1) is 24.4 Å². The second-order valence-corrected chi connectivity index (χ2v) is 6.09. The van der Waals surface area contributed by atoms with Gasteiger partial charge in [0.25, 0.3) is 5.56 Å². The minimum Gasteiger partial charge on any atom is -0.266 e. The fourth-order valence-corrected chi connectivity index (χ4v) is 3.35. The van der Waals surface area contributed by atoms with Crippen LogP contribution in [0, 0.1) is 0 Å². The van der Waals surface area contributed by atoms with E-state index < -0.39 is 0 Å². The lowest BCUT2D eigenvalue weighted by Gasteiger charge is -2.23. The molecule has 1 aromatic heterocycles. The minimum absolute atomic E-state index is 0.0382. The highest BCUT2D eigenvalue weighted by molar-refractivity contribution is 7.99. The van der Waals surface area contributed by atoms with Gasteiger partial charge in [0.1, 0.15) is 0 Å². The standard InChI is InChI=1S/C12H18N2OS2/c1-2-17-11-10(16)8-13-14(12(11)15)9-6-4-3-5-7-9/h8-9,16H,2-7H2,1H3. The molecular formula is C12H18N2OS2. The van der Waals surface area contributed by atoms with Crippen molar-refractivity contribution in [1.82, 2.24) is 9.78 Å².